The minimum absolute atomic E-state index is 0.305. The summed E-state index contributed by atoms with van der Waals surface area (Å²) in [7, 11) is 0. The van der Waals surface area contributed by atoms with Crippen LogP contribution in [0.4, 0.5) is 0 Å². The van der Waals surface area contributed by atoms with Crippen LogP contribution in [0.2, 0.25) is 13.3 Å². The minimum atomic E-state index is -2.29. The molecule has 0 saturated carbocycles. The van der Waals surface area contributed by atoms with Crippen molar-refractivity contribution in [3.8, 4) is 0 Å². The summed E-state index contributed by atoms with van der Waals surface area (Å²) in [6, 6.07) is 0. The molecule has 0 atom stereocenters. The van der Waals surface area contributed by atoms with Crippen molar-refractivity contribution >= 4 is 18.4 Å². The van der Waals surface area contributed by atoms with Gasteiger partial charge in [-0.05, 0) is 0 Å². The molecule has 0 saturated heterocycles. The molecule has 0 bridgehead atoms. The molecule has 2 heteroatoms. The standard InChI is InChI=1S/C6H9O.3C4H9.Sn/c1-2-3-4-5-6-7;3*1-3-4-2;/h2,7H,5-6H2,1H3;3*1,3-4H2,2H3;. The van der Waals surface area contributed by atoms with Crippen LogP contribution in [0.25, 0.3) is 0 Å². The molecular formula is C18H36OSn. The summed E-state index contributed by atoms with van der Waals surface area (Å²) in [5.74, 6) is 0. The summed E-state index contributed by atoms with van der Waals surface area (Å²) < 4.78 is 6.00. The van der Waals surface area contributed by atoms with E-state index in [0.29, 0.717) is 6.61 Å². The molecule has 0 radical (unpaired) electrons. The van der Waals surface area contributed by atoms with Crippen molar-refractivity contribution < 1.29 is 5.11 Å². The summed E-state index contributed by atoms with van der Waals surface area (Å²) in [6.45, 7) is 9.30. The van der Waals surface area contributed by atoms with Gasteiger partial charge in [0, 0.05) is 0 Å². The van der Waals surface area contributed by atoms with Gasteiger partial charge in [0.1, 0.15) is 0 Å². The van der Waals surface area contributed by atoms with Gasteiger partial charge in [-0.3, -0.25) is 0 Å². The van der Waals surface area contributed by atoms with Gasteiger partial charge < -0.3 is 0 Å². The van der Waals surface area contributed by atoms with E-state index in [1.165, 1.54) is 51.8 Å². The van der Waals surface area contributed by atoms with Gasteiger partial charge in [0.2, 0.25) is 0 Å². The van der Waals surface area contributed by atoms with E-state index in [-0.39, 0.29) is 0 Å². The second kappa shape index (κ2) is 13.0. The molecule has 0 spiro atoms. The summed E-state index contributed by atoms with van der Waals surface area (Å²) >= 11 is -2.29. The van der Waals surface area contributed by atoms with Crippen LogP contribution in [-0.2, 0) is 0 Å². The molecule has 0 rings (SSSR count). The molecule has 0 aliphatic rings. The molecule has 0 amide bonds. The fourth-order valence-corrected chi connectivity index (χ4v) is 19.8. The molecule has 0 heterocycles. The molecule has 0 aliphatic heterocycles. The van der Waals surface area contributed by atoms with Crippen molar-refractivity contribution in [3.63, 3.8) is 0 Å². The Balaban J connectivity index is 5.33. The zero-order chi connectivity index (χ0) is 15.3. The van der Waals surface area contributed by atoms with Gasteiger partial charge in [0.05, 0.1) is 0 Å². The number of aliphatic hydroxyl groups is 1. The molecule has 118 valence electrons. The molecule has 0 fully saturated rings. The Labute approximate surface area is 131 Å². The SMILES string of the molecule is CC=C=[C](CCO)[Sn]([CH2]CCC)([CH2]CCC)[CH2]CCC. The monoisotopic (exact) mass is 388 g/mol. The summed E-state index contributed by atoms with van der Waals surface area (Å²) in [5.41, 5.74) is 3.58. The summed E-state index contributed by atoms with van der Waals surface area (Å²) in [4.78, 5) is 0. The van der Waals surface area contributed by atoms with Gasteiger partial charge >= 0.3 is 131 Å². The maximum absolute atomic E-state index is 9.46. The van der Waals surface area contributed by atoms with E-state index >= 15 is 0 Å². The Morgan fingerprint density at radius 3 is 1.70 bits per heavy atom. The molecule has 0 aromatic carbocycles. The van der Waals surface area contributed by atoms with Gasteiger partial charge in [-0.25, -0.2) is 0 Å². The predicted octanol–water partition coefficient (Wildman–Crippen LogP) is 5.86. The number of hydrogen-bond donors (Lipinski definition) is 1. The molecule has 0 unspecified atom stereocenters. The van der Waals surface area contributed by atoms with Crippen molar-refractivity contribution in [2.45, 2.75) is 86.0 Å². The Hall–Kier alpha value is 0.279. The van der Waals surface area contributed by atoms with Crippen LogP contribution < -0.4 is 0 Å². The van der Waals surface area contributed by atoms with Gasteiger partial charge in [-0.2, -0.15) is 0 Å². The van der Waals surface area contributed by atoms with Gasteiger partial charge in [-0.15, -0.1) is 0 Å². The summed E-state index contributed by atoms with van der Waals surface area (Å²) in [5, 5.41) is 9.46. The van der Waals surface area contributed by atoms with Crippen LogP contribution in [0.3, 0.4) is 0 Å². The van der Waals surface area contributed by atoms with Crippen LogP contribution in [-0.4, -0.2) is 30.1 Å². The third kappa shape index (κ3) is 7.33. The van der Waals surface area contributed by atoms with E-state index < -0.39 is 18.4 Å². The Kier molecular flexibility index (Phi) is 13.2. The Bertz CT molecular complexity index is 268. The average Bonchev–Trinajstić information content (AvgIpc) is 2.47. The Morgan fingerprint density at radius 1 is 0.950 bits per heavy atom. The average molecular weight is 387 g/mol. The predicted molar refractivity (Wildman–Crippen MR) is 93.9 cm³/mol. The van der Waals surface area contributed by atoms with Gasteiger partial charge in [-0.1, -0.05) is 0 Å². The molecule has 1 nitrogen and oxygen atoms in total. The molecule has 0 aromatic rings. The second-order valence-corrected chi connectivity index (χ2v) is 19.3. The van der Waals surface area contributed by atoms with Crippen LogP contribution >= 0.6 is 0 Å². The van der Waals surface area contributed by atoms with Crippen molar-refractivity contribution in [1.82, 2.24) is 0 Å². The zero-order valence-electron chi connectivity index (χ0n) is 14.3. The van der Waals surface area contributed by atoms with Crippen molar-refractivity contribution in [3.05, 3.63) is 15.4 Å². The van der Waals surface area contributed by atoms with E-state index in [9.17, 15) is 5.11 Å². The Morgan fingerprint density at radius 2 is 1.40 bits per heavy atom. The number of unbranched alkanes of at least 4 members (excludes halogenated alkanes) is 3. The molecule has 1 N–H and O–H groups in total. The third-order valence-electron chi connectivity index (χ3n) is 4.35. The van der Waals surface area contributed by atoms with Crippen LogP contribution in [0.5, 0.6) is 0 Å². The third-order valence-corrected chi connectivity index (χ3v) is 20.3. The normalized spacial score (nSPS) is 11.2. The van der Waals surface area contributed by atoms with E-state index in [1.807, 2.05) is 0 Å². The number of rotatable bonds is 12. The first-order valence-corrected chi connectivity index (χ1v) is 16.2. The van der Waals surface area contributed by atoms with Crippen molar-refractivity contribution in [2.75, 3.05) is 6.61 Å². The summed E-state index contributed by atoms with van der Waals surface area (Å²) in [6.07, 6.45) is 11.0. The topological polar surface area (TPSA) is 20.2 Å². The quantitative estimate of drug-likeness (QED) is 0.329. The zero-order valence-corrected chi connectivity index (χ0v) is 17.2. The molecular weight excluding hydrogens is 351 g/mol. The second-order valence-electron chi connectivity index (χ2n) is 5.98. The van der Waals surface area contributed by atoms with Crippen LogP contribution in [0.1, 0.15) is 72.6 Å². The van der Waals surface area contributed by atoms with Crippen molar-refractivity contribution in [1.29, 1.82) is 0 Å². The first kappa shape index (κ1) is 20.3. The van der Waals surface area contributed by atoms with Crippen LogP contribution in [0.15, 0.2) is 15.4 Å². The van der Waals surface area contributed by atoms with Crippen LogP contribution in [0, 0.1) is 0 Å². The number of hydrogen-bond acceptors (Lipinski definition) is 1. The molecule has 20 heavy (non-hydrogen) atoms. The molecule has 0 aromatic heterocycles. The molecule has 0 aliphatic carbocycles. The first-order chi connectivity index (χ1) is 9.70. The fourth-order valence-electron chi connectivity index (χ4n) is 3.15. The maximum atomic E-state index is 9.46. The van der Waals surface area contributed by atoms with E-state index in [1.54, 1.807) is 3.59 Å². The first-order valence-electron chi connectivity index (χ1n) is 8.72. The van der Waals surface area contributed by atoms with Crippen molar-refractivity contribution in [2.24, 2.45) is 0 Å². The van der Waals surface area contributed by atoms with E-state index in [4.69, 9.17) is 0 Å². The van der Waals surface area contributed by atoms with Gasteiger partial charge in [0.25, 0.3) is 0 Å². The van der Waals surface area contributed by atoms with E-state index in [0.717, 1.165) is 6.42 Å². The van der Waals surface area contributed by atoms with E-state index in [2.05, 4.69) is 39.5 Å². The number of aliphatic hydroxyl groups excluding tert-OH is 1. The fraction of sp³-hybridized carbons (Fsp3) is 0.833. The van der Waals surface area contributed by atoms with Gasteiger partial charge in [0.15, 0.2) is 0 Å².